The van der Waals surface area contributed by atoms with Crippen LogP contribution in [0.25, 0.3) is 5.65 Å². The van der Waals surface area contributed by atoms with Gasteiger partial charge < -0.3 is 5.32 Å². The van der Waals surface area contributed by atoms with Gasteiger partial charge in [-0.1, -0.05) is 12.8 Å². The molecule has 1 fully saturated rings. The fraction of sp³-hybridized carbons (Fsp3) is 0.583. The summed E-state index contributed by atoms with van der Waals surface area (Å²) >= 11 is 1.97. The molecule has 2 aromatic rings. The maximum Gasteiger partial charge on any atom is 0.203 e. The average molecular weight is 263 g/mol. The van der Waals surface area contributed by atoms with E-state index in [1.807, 2.05) is 22.4 Å². The fourth-order valence-corrected chi connectivity index (χ4v) is 3.51. The van der Waals surface area contributed by atoms with Gasteiger partial charge >= 0.3 is 0 Å². The van der Waals surface area contributed by atoms with Crippen LogP contribution in [0.3, 0.4) is 0 Å². The van der Waals surface area contributed by atoms with Crippen molar-refractivity contribution in [2.24, 2.45) is 0 Å². The highest BCUT2D eigenvalue weighted by Crippen LogP contribution is 2.40. The van der Waals surface area contributed by atoms with Crippen molar-refractivity contribution in [3.05, 3.63) is 18.7 Å². The molecule has 2 heterocycles. The van der Waals surface area contributed by atoms with Gasteiger partial charge in [-0.05, 0) is 19.1 Å². The molecule has 0 atom stereocenters. The number of nitrogens with one attached hydrogen (secondary N) is 1. The number of rotatable bonds is 4. The van der Waals surface area contributed by atoms with Gasteiger partial charge in [0, 0.05) is 23.7 Å². The third kappa shape index (κ3) is 2.05. The Morgan fingerprint density at radius 3 is 3.06 bits per heavy atom. The molecule has 0 saturated heterocycles. The lowest BCUT2D eigenvalue weighted by atomic mass is 10.1. The zero-order valence-corrected chi connectivity index (χ0v) is 11.3. The first-order valence-electron chi connectivity index (χ1n) is 6.26. The van der Waals surface area contributed by atoms with E-state index in [-0.39, 0.29) is 0 Å². The molecule has 0 aliphatic heterocycles. The number of aromatic nitrogens is 4. The summed E-state index contributed by atoms with van der Waals surface area (Å²) in [6, 6.07) is 0. The molecular formula is C12H17N5S. The highest BCUT2D eigenvalue weighted by Gasteiger charge is 2.32. The molecule has 1 N–H and O–H groups in total. The van der Waals surface area contributed by atoms with E-state index < -0.39 is 0 Å². The van der Waals surface area contributed by atoms with Crippen LogP contribution in [-0.2, 0) is 0 Å². The Balaban J connectivity index is 1.78. The molecule has 3 rings (SSSR count). The van der Waals surface area contributed by atoms with Gasteiger partial charge in [0.05, 0.1) is 0 Å². The smallest absolute Gasteiger partial charge is 0.203 e. The van der Waals surface area contributed by atoms with Gasteiger partial charge in [-0.25, -0.2) is 4.98 Å². The molecule has 0 amide bonds. The molecule has 0 unspecified atom stereocenters. The molecule has 1 aliphatic rings. The van der Waals surface area contributed by atoms with Crippen LogP contribution in [-0.4, -0.2) is 37.1 Å². The summed E-state index contributed by atoms with van der Waals surface area (Å²) in [6.07, 6.45) is 12.8. The monoisotopic (exact) mass is 263 g/mol. The minimum atomic E-state index is 0.370. The van der Waals surface area contributed by atoms with Crippen LogP contribution in [0.5, 0.6) is 0 Å². The summed E-state index contributed by atoms with van der Waals surface area (Å²) in [4.78, 5) is 4.36. The van der Waals surface area contributed by atoms with E-state index in [0.717, 1.165) is 18.0 Å². The normalized spacial score (nSPS) is 18.3. The van der Waals surface area contributed by atoms with E-state index in [9.17, 15) is 0 Å². The second-order valence-corrected chi connectivity index (χ2v) is 6.06. The Hall–Kier alpha value is -1.30. The number of fused-ring (bicyclic) bond motifs is 1. The van der Waals surface area contributed by atoms with E-state index in [4.69, 9.17) is 0 Å². The second kappa shape index (κ2) is 4.76. The quantitative estimate of drug-likeness (QED) is 0.916. The topological polar surface area (TPSA) is 55.1 Å². The zero-order chi connectivity index (χ0) is 12.4. The Labute approximate surface area is 110 Å². The summed E-state index contributed by atoms with van der Waals surface area (Å²) < 4.78 is 2.25. The second-order valence-electron chi connectivity index (χ2n) is 4.79. The maximum absolute atomic E-state index is 4.36. The summed E-state index contributed by atoms with van der Waals surface area (Å²) in [5, 5.41) is 11.5. The van der Waals surface area contributed by atoms with Gasteiger partial charge in [-0.2, -0.15) is 11.8 Å². The minimum absolute atomic E-state index is 0.370. The molecule has 18 heavy (non-hydrogen) atoms. The summed E-state index contributed by atoms with van der Waals surface area (Å²) in [6.45, 7) is 0.952. The highest BCUT2D eigenvalue weighted by atomic mass is 32.2. The lowest BCUT2D eigenvalue weighted by Crippen LogP contribution is -2.30. The SMILES string of the molecule is CSC1(CNc2nccn3cnnc23)CCCC1. The molecular weight excluding hydrogens is 246 g/mol. The van der Waals surface area contributed by atoms with Crippen molar-refractivity contribution in [3.8, 4) is 0 Å². The van der Waals surface area contributed by atoms with Crippen molar-refractivity contribution in [2.45, 2.75) is 30.4 Å². The van der Waals surface area contributed by atoms with Gasteiger partial charge in [-0.3, -0.25) is 4.40 Å². The van der Waals surface area contributed by atoms with E-state index >= 15 is 0 Å². The molecule has 0 radical (unpaired) electrons. The Morgan fingerprint density at radius 2 is 2.28 bits per heavy atom. The maximum atomic E-state index is 4.36. The first-order chi connectivity index (χ1) is 8.83. The minimum Gasteiger partial charge on any atom is -0.366 e. The van der Waals surface area contributed by atoms with Crippen molar-refractivity contribution in [2.75, 3.05) is 18.1 Å². The lowest BCUT2D eigenvalue weighted by Gasteiger charge is -2.27. The van der Waals surface area contributed by atoms with Crippen molar-refractivity contribution in [1.82, 2.24) is 19.6 Å². The number of thioether (sulfide) groups is 1. The number of hydrogen-bond acceptors (Lipinski definition) is 5. The van der Waals surface area contributed by atoms with Crippen LogP contribution in [0.4, 0.5) is 5.82 Å². The number of anilines is 1. The molecule has 0 bridgehead atoms. The first kappa shape index (κ1) is 11.8. The largest absolute Gasteiger partial charge is 0.366 e. The van der Waals surface area contributed by atoms with Crippen molar-refractivity contribution >= 4 is 23.2 Å². The van der Waals surface area contributed by atoms with Gasteiger partial charge in [0.2, 0.25) is 5.65 Å². The van der Waals surface area contributed by atoms with Crippen LogP contribution in [0.2, 0.25) is 0 Å². The van der Waals surface area contributed by atoms with Gasteiger partial charge in [0.1, 0.15) is 6.33 Å². The van der Waals surface area contributed by atoms with Crippen LogP contribution in [0, 0.1) is 0 Å². The zero-order valence-electron chi connectivity index (χ0n) is 10.5. The Kier molecular flexibility index (Phi) is 3.11. The summed E-state index contributed by atoms with van der Waals surface area (Å²) in [5.41, 5.74) is 0.798. The van der Waals surface area contributed by atoms with E-state index in [1.54, 1.807) is 12.5 Å². The predicted molar refractivity (Wildman–Crippen MR) is 74.0 cm³/mol. The molecule has 0 spiro atoms. The van der Waals surface area contributed by atoms with E-state index in [0.29, 0.717) is 4.75 Å². The summed E-state index contributed by atoms with van der Waals surface area (Å²) in [5.74, 6) is 0.829. The summed E-state index contributed by atoms with van der Waals surface area (Å²) in [7, 11) is 0. The van der Waals surface area contributed by atoms with Gasteiger partial charge in [0.25, 0.3) is 0 Å². The third-order valence-electron chi connectivity index (χ3n) is 3.74. The molecule has 6 heteroatoms. The fourth-order valence-electron chi connectivity index (χ4n) is 2.60. The lowest BCUT2D eigenvalue weighted by molar-refractivity contribution is 0.638. The van der Waals surface area contributed by atoms with E-state index in [2.05, 4.69) is 26.8 Å². The van der Waals surface area contributed by atoms with Crippen LogP contribution in [0.1, 0.15) is 25.7 Å². The van der Waals surface area contributed by atoms with Crippen molar-refractivity contribution in [1.29, 1.82) is 0 Å². The van der Waals surface area contributed by atoms with Gasteiger partial charge in [0.15, 0.2) is 5.82 Å². The van der Waals surface area contributed by atoms with Crippen molar-refractivity contribution < 1.29 is 0 Å². The average Bonchev–Trinajstić information content (AvgIpc) is 3.06. The van der Waals surface area contributed by atoms with E-state index in [1.165, 1.54) is 25.7 Å². The molecule has 0 aromatic carbocycles. The standard InChI is InChI=1S/C12H17N5S/c1-18-12(4-2-3-5-12)8-14-10-11-16-15-9-17(11)7-6-13-10/h6-7,9H,2-5,8H2,1H3,(H,13,14). The van der Waals surface area contributed by atoms with Crippen LogP contribution in [0.15, 0.2) is 18.7 Å². The molecule has 1 aliphatic carbocycles. The Morgan fingerprint density at radius 1 is 1.44 bits per heavy atom. The molecule has 5 nitrogen and oxygen atoms in total. The third-order valence-corrected chi connectivity index (χ3v) is 5.16. The molecule has 96 valence electrons. The highest BCUT2D eigenvalue weighted by molar-refractivity contribution is 8.00. The Bertz CT molecular complexity index is 532. The van der Waals surface area contributed by atoms with Crippen molar-refractivity contribution in [3.63, 3.8) is 0 Å². The number of nitrogens with zero attached hydrogens (tertiary/aromatic N) is 4. The number of hydrogen-bond donors (Lipinski definition) is 1. The molecule has 2 aromatic heterocycles. The first-order valence-corrected chi connectivity index (χ1v) is 7.49. The predicted octanol–water partition coefficient (Wildman–Crippen LogP) is 2.21. The molecule has 1 saturated carbocycles. The van der Waals surface area contributed by atoms with Gasteiger partial charge in [-0.15, -0.1) is 10.2 Å². The van der Waals surface area contributed by atoms with Crippen LogP contribution >= 0.6 is 11.8 Å². The van der Waals surface area contributed by atoms with Crippen LogP contribution < -0.4 is 5.32 Å².